The summed E-state index contributed by atoms with van der Waals surface area (Å²) in [6.07, 6.45) is 1.41. The van der Waals surface area contributed by atoms with Crippen molar-refractivity contribution < 1.29 is 23.7 Å². The van der Waals surface area contributed by atoms with Gasteiger partial charge < -0.3 is 34.5 Å². The highest BCUT2D eigenvalue weighted by Crippen LogP contribution is 2.33. The third-order valence-electron chi connectivity index (χ3n) is 4.84. The Morgan fingerprint density at radius 3 is 2.20 bits per heavy atom. The molecule has 1 aliphatic rings. The van der Waals surface area contributed by atoms with Crippen molar-refractivity contribution in [2.24, 2.45) is 4.99 Å². The minimum absolute atomic E-state index is 0. The highest BCUT2D eigenvalue weighted by molar-refractivity contribution is 14.0. The molecule has 1 heterocycles. The molecule has 1 aliphatic heterocycles. The number of likely N-dealkylation sites (tertiary alicyclic amines) is 1. The first kappa shape index (κ1) is 25.9. The number of nitrogens with one attached hydrogen (secondary N) is 2. The molecule has 170 valence electrons. The van der Waals surface area contributed by atoms with E-state index in [1.165, 1.54) is 0 Å². The number of amides is 1. The van der Waals surface area contributed by atoms with Crippen LogP contribution in [0.25, 0.3) is 0 Å². The van der Waals surface area contributed by atoms with Crippen LogP contribution in [0.5, 0.6) is 17.2 Å². The third-order valence-corrected chi connectivity index (χ3v) is 4.84. The van der Waals surface area contributed by atoms with E-state index < -0.39 is 0 Å². The molecule has 0 atom stereocenters. The zero-order valence-corrected chi connectivity index (χ0v) is 20.6. The molecule has 1 aromatic rings. The summed E-state index contributed by atoms with van der Waals surface area (Å²) >= 11 is 0. The van der Waals surface area contributed by atoms with Crippen LogP contribution in [0.15, 0.2) is 17.1 Å². The molecule has 0 radical (unpaired) electrons. The van der Waals surface area contributed by atoms with Crippen LogP contribution in [-0.4, -0.2) is 71.1 Å². The van der Waals surface area contributed by atoms with E-state index in [9.17, 15) is 4.79 Å². The Kier molecular flexibility index (Phi) is 11.4. The fourth-order valence-electron chi connectivity index (χ4n) is 3.23. The Labute approximate surface area is 195 Å². The molecule has 2 rings (SSSR count). The molecule has 0 unspecified atom stereocenters. The number of carbonyl (C=O) groups is 1. The monoisotopic (exact) mass is 536 g/mol. The van der Waals surface area contributed by atoms with Gasteiger partial charge in [0.25, 0.3) is 0 Å². The predicted octanol–water partition coefficient (Wildman–Crippen LogP) is 2.62. The fourth-order valence-corrected chi connectivity index (χ4v) is 3.23. The molecule has 0 saturated carbocycles. The van der Waals surface area contributed by atoms with Crippen molar-refractivity contribution in [1.82, 2.24) is 15.5 Å². The maximum Gasteiger partial charge on any atom is 0.409 e. The quantitative estimate of drug-likeness (QED) is 0.315. The molecule has 1 fully saturated rings. The molecule has 0 aliphatic carbocycles. The summed E-state index contributed by atoms with van der Waals surface area (Å²) in [6.45, 7) is 4.00. The molecule has 9 nitrogen and oxygen atoms in total. The number of carbonyl (C=O) groups excluding carboxylic acids is 1. The normalized spacial score (nSPS) is 14.4. The number of aliphatic imine (C=N–C) groups is 1. The van der Waals surface area contributed by atoms with Gasteiger partial charge in [-0.25, -0.2) is 4.79 Å². The Morgan fingerprint density at radius 2 is 1.73 bits per heavy atom. The number of piperidine rings is 1. The van der Waals surface area contributed by atoms with Gasteiger partial charge in [0.1, 0.15) is 17.2 Å². The summed E-state index contributed by atoms with van der Waals surface area (Å²) in [6, 6.07) is 3.87. The minimum Gasteiger partial charge on any atom is -0.496 e. The van der Waals surface area contributed by atoms with E-state index in [2.05, 4.69) is 15.6 Å². The Hall–Kier alpha value is -2.11. The standard InChI is InChI=1S/C20H32N4O5.HI/c1-6-29-20(25)24-9-7-14(8-10-24)23-19(21-2)22-13-16-17(27-4)11-15(26-3)12-18(16)28-5;/h11-12,14H,6-10,13H2,1-5H3,(H2,21,22,23);1H. The van der Waals surface area contributed by atoms with Gasteiger partial charge in [0.05, 0.1) is 40.0 Å². The molecular weight excluding hydrogens is 503 g/mol. The lowest BCUT2D eigenvalue weighted by Gasteiger charge is -2.32. The Balaban J connectivity index is 0.00000450. The predicted molar refractivity (Wildman–Crippen MR) is 126 cm³/mol. The van der Waals surface area contributed by atoms with E-state index in [0.29, 0.717) is 49.4 Å². The Bertz CT molecular complexity index is 683. The number of hydrogen-bond donors (Lipinski definition) is 2. The number of hydrogen-bond acceptors (Lipinski definition) is 6. The van der Waals surface area contributed by atoms with E-state index in [0.717, 1.165) is 18.4 Å². The first-order valence-corrected chi connectivity index (χ1v) is 9.74. The fraction of sp³-hybridized carbons (Fsp3) is 0.600. The number of methoxy groups -OCH3 is 3. The smallest absolute Gasteiger partial charge is 0.409 e. The van der Waals surface area contributed by atoms with Crippen LogP contribution in [-0.2, 0) is 11.3 Å². The van der Waals surface area contributed by atoms with Crippen molar-refractivity contribution in [3.63, 3.8) is 0 Å². The van der Waals surface area contributed by atoms with Gasteiger partial charge in [-0.2, -0.15) is 0 Å². The summed E-state index contributed by atoms with van der Waals surface area (Å²) in [5, 5.41) is 6.73. The maximum atomic E-state index is 11.8. The molecule has 1 amide bonds. The lowest BCUT2D eigenvalue weighted by molar-refractivity contribution is 0.0963. The largest absolute Gasteiger partial charge is 0.496 e. The van der Waals surface area contributed by atoms with Gasteiger partial charge in [-0.1, -0.05) is 0 Å². The average molecular weight is 536 g/mol. The van der Waals surface area contributed by atoms with Crippen molar-refractivity contribution in [1.29, 1.82) is 0 Å². The van der Waals surface area contributed by atoms with Gasteiger partial charge in [-0.05, 0) is 19.8 Å². The number of rotatable bonds is 7. The first-order chi connectivity index (χ1) is 14.1. The van der Waals surface area contributed by atoms with Crippen LogP contribution in [0.4, 0.5) is 4.79 Å². The van der Waals surface area contributed by atoms with Gasteiger partial charge in [-0.15, -0.1) is 24.0 Å². The summed E-state index contributed by atoms with van der Waals surface area (Å²) < 4.78 is 21.3. The second-order valence-corrected chi connectivity index (χ2v) is 6.54. The van der Waals surface area contributed by atoms with E-state index in [1.54, 1.807) is 33.3 Å². The Morgan fingerprint density at radius 1 is 1.13 bits per heavy atom. The lowest BCUT2D eigenvalue weighted by Crippen LogP contribution is -2.49. The van der Waals surface area contributed by atoms with Crippen LogP contribution < -0.4 is 24.8 Å². The van der Waals surface area contributed by atoms with Crippen LogP contribution >= 0.6 is 24.0 Å². The van der Waals surface area contributed by atoms with Gasteiger partial charge in [0, 0.05) is 38.3 Å². The zero-order valence-electron chi connectivity index (χ0n) is 18.3. The van der Waals surface area contributed by atoms with Gasteiger partial charge in [0.15, 0.2) is 5.96 Å². The zero-order chi connectivity index (χ0) is 21.2. The second kappa shape index (κ2) is 13.2. The molecule has 0 aromatic heterocycles. The van der Waals surface area contributed by atoms with E-state index >= 15 is 0 Å². The topological polar surface area (TPSA) is 93.7 Å². The minimum atomic E-state index is -0.243. The maximum absolute atomic E-state index is 11.8. The van der Waals surface area contributed by atoms with Crippen LogP contribution in [0.3, 0.4) is 0 Å². The summed E-state index contributed by atoms with van der Waals surface area (Å²) in [4.78, 5) is 17.9. The second-order valence-electron chi connectivity index (χ2n) is 6.54. The molecule has 1 saturated heterocycles. The number of nitrogens with zero attached hydrogens (tertiary/aromatic N) is 2. The highest BCUT2D eigenvalue weighted by atomic mass is 127. The van der Waals surface area contributed by atoms with Crippen LogP contribution in [0, 0.1) is 0 Å². The van der Waals surface area contributed by atoms with Gasteiger partial charge in [0.2, 0.25) is 0 Å². The summed E-state index contributed by atoms with van der Waals surface area (Å²) in [5.41, 5.74) is 0.871. The van der Waals surface area contributed by atoms with Crippen molar-refractivity contribution in [2.75, 3.05) is 48.1 Å². The molecule has 0 bridgehead atoms. The van der Waals surface area contributed by atoms with E-state index in [-0.39, 0.29) is 36.1 Å². The summed E-state index contributed by atoms with van der Waals surface area (Å²) in [7, 11) is 6.56. The molecule has 2 N–H and O–H groups in total. The van der Waals surface area contributed by atoms with Crippen LogP contribution in [0.2, 0.25) is 0 Å². The van der Waals surface area contributed by atoms with Gasteiger partial charge in [-0.3, -0.25) is 4.99 Å². The molecule has 30 heavy (non-hydrogen) atoms. The lowest BCUT2D eigenvalue weighted by atomic mass is 10.1. The van der Waals surface area contributed by atoms with Gasteiger partial charge >= 0.3 is 6.09 Å². The molecule has 1 aromatic carbocycles. The number of halogens is 1. The van der Waals surface area contributed by atoms with Crippen molar-refractivity contribution >= 4 is 36.0 Å². The number of benzene rings is 1. The summed E-state index contributed by atoms with van der Waals surface area (Å²) in [5.74, 6) is 2.69. The SMILES string of the molecule is CCOC(=O)N1CCC(NC(=NC)NCc2c(OC)cc(OC)cc2OC)CC1.I. The molecule has 0 spiro atoms. The van der Waals surface area contributed by atoms with Crippen LogP contribution in [0.1, 0.15) is 25.3 Å². The van der Waals surface area contributed by atoms with Crippen molar-refractivity contribution in [3.8, 4) is 17.2 Å². The number of guanidine groups is 1. The van der Waals surface area contributed by atoms with E-state index in [4.69, 9.17) is 18.9 Å². The first-order valence-electron chi connectivity index (χ1n) is 9.74. The molecular formula is C20H33IN4O5. The third kappa shape index (κ3) is 6.99. The average Bonchev–Trinajstić information content (AvgIpc) is 2.76. The molecule has 10 heteroatoms. The highest BCUT2D eigenvalue weighted by Gasteiger charge is 2.24. The van der Waals surface area contributed by atoms with E-state index in [1.807, 2.05) is 19.1 Å². The number of ether oxygens (including phenoxy) is 4. The van der Waals surface area contributed by atoms with Crippen molar-refractivity contribution in [2.45, 2.75) is 32.4 Å². The van der Waals surface area contributed by atoms with Crippen molar-refractivity contribution in [3.05, 3.63) is 17.7 Å².